The molecule has 0 atom stereocenters. The molecule has 2 aliphatic rings. The molecule has 2 fully saturated rings. The van der Waals surface area contributed by atoms with Gasteiger partial charge >= 0.3 is 6.09 Å². The summed E-state index contributed by atoms with van der Waals surface area (Å²) in [6.45, 7) is 1.84. The molecule has 1 aliphatic heterocycles. The molecule has 1 amide bonds. The number of anilines is 1. The third-order valence-electron chi connectivity index (χ3n) is 4.85. The topological polar surface area (TPSA) is 98.7 Å². The van der Waals surface area contributed by atoms with Crippen LogP contribution < -0.4 is 10.6 Å². The van der Waals surface area contributed by atoms with Gasteiger partial charge in [0.2, 0.25) is 0 Å². The lowest BCUT2D eigenvalue weighted by atomic mass is 9.61. The molecule has 7 heteroatoms. The zero-order chi connectivity index (χ0) is 15.7. The number of carbonyl (C=O) groups is 1. The third kappa shape index (κ3) is 2.84. The summed E-state index contributed by atoms with van der Waals surface area (Å²) < 4.78 is 5.02. The second-order valence-electron chi connectivity index (χ2n) is 6.23. The molecule has 1 aromatic rings. The van der Waals surface area contributed by atoms with Crippen molar-refractivity contribution in [2.24, 2.45) is 11.1 Å². The largest absolute Gasteiger partial charge is 0.446 e. The summed E-state index contributed by atoms with van der Waals surface area (Å²) in [6, 6.07) is 6.69. The van der Waals surface area contributed by atoms with Crippen molar-refractivity contribution in [3.05, 3.63) is 34.4 Å². The van der Waals surface area contributed by atoms with Crippen molar-refractivity contribution in [3.8, 4) is 0 Å². The normalized spacial score (nSPS) is 20.5. The number of rotatable bonds is 3. The second-order valence-corrected chi connectivity index (χ2v) is 6.23. The maximum absolute atomic E-state index is 10.7. The van der Waals surface area contributed by atoms with E-state index in [0.717, 1.165) is 44.5 Å². The van der Waals surface area contributed by atoms with Crippen LogP contribution in [0.4, 0.5) is 16.2 Å². The number of amides is 1. The van der Waals surface area contributed by atoms with Gasteiger partial charge in [-0.05, 0) is 43.2 Å². The minimum atomic E-state index is -0.692. The number of non-ortho nitro benzene ring substituents is 1. The molecule has 22 heavy (non-hydrogen) atoms. The SMILES string of the molecule is NC(=O)OC1CC2(CCN(c3ccc([N+](=O)[O-])cc3)CC2)C1. The second kappa shape index (κ2) is 5.47. The van der Waals surface area contributed by atoms with E-state index in [2.05, 4.69) is 4.90 Å². The third-order valence-corrected chi connectivity index (χ3v) is 4.85. The first-order valence-electron chi connectivity index (χ1n) is 7.43. The average molecular weight is 305 g/mol. The highest BCUT2D eigenvalue weighted by Crippen LogP contribution is 2.50. The van der Waals surface area contributed by atoms with Gasteiger partial charge in [-0.25, -0.2) is 4.79 Å². The number of hydrogen-bond acceptors (Lipinski definition) is 5. The molecule has 1 aromatic carbocycles. The van der Waals surface area contributed by atoms with Crippen LogP contribution in [0.15, 0.2) is 24.3 Å². The maximum atomic E-state index is 10.7. The Kier molecular flexibility index (Phi) is 3.64. The fourth-order valence-electron chi connectivity index (χ4n) is 3.59. The van der Waals surface area contributed by atoms with Gasteiger partial charge in [0.25, 0.3) is 5.69 Å². The number of benzene rings is 1. The summed E-state index contributed by atoms with van der Waals surface area (Å²) in [7, 11) is 0. The van der Waals surface area contributed by atoms with E-state index in [0.29, 0.717) is 0 Å². The van der Waals surface area contributed by atoms with Crippen LogP contribution in [0.25, 0.3) is 0 Å². The first kappa shape index (κ1) is 14.6. The number of nitro groups is 1. The van der Waals surface area contributed by atoms with Gasteiger partial charge < -0.3 is 15.4 Å². The zero-order valence-electron chi connectivity index (χ0n) is 12.2. The Balaban J connectivity index is 1.54. The summed E-state index contributed by atoms with van der Waals surface area (Å²) in [6.07, 6.45) is 3.16. The molecule has 0 unspecified atom stereocenters. The lowest BCUT2D eigenvalue weighted by Gasteiger charge is -2.51. The number of carbonyl (C=O) groups excluding carboxylic acids is 1. The van der Waals surface area contributed by atoms with E-state index in [1.165, 1.54) is 0 Å². The van der Waals surface area contributed by atoms with Crippen molar-refractivity contribution in [1.82, 2.24) is 0 Å². The first-order valence-corrected chi connectivity index (χ1v) is 7.43. The van der Waals surface area contributed by atoms with E-state index in [-0.39, 0.29) is 22.1 Å². The highest BCUT2D eigenvalue weighted by Gasteiger charge is 2.47. The maximum Gasteiger partial charge on any atom is 0.404 e. The fourth-order valence-corrected chi connectivity index (χ4v) is 3.59. The van der Waals surface area contributed by atoms with Crippen molar-refractivity contribution >= 4 is 17.5 Å². The summed E-state index contributed by atoms with van der Waals surface area (Å²) in [5.74, 6) is 0. The van der Waals surface area contributed by atoms with E-state index in [4.69, 9.17) is 10.5 Å². The van der Waals surface area contributed by atoms with Gasteiger partial charge in [-0.1, -0.05) is 0 Å². The standard InChI is InChI=1S/C15H19N3O4/c16-14(19)22-13-9-15(10-13)5-7-17(8-6-15)11-1-3-12(4-2-11)18(20)21/h1-4,13H,5-10H2,(H2,16,19). The molecule has 1 saturated carbocycles. The van der Waals surface area contributed by atoms with Gasteiger partial charge in [0.15, 0.2) is 0 Å². The van der Waals surface area contributed by atoms with Gasteiger partial charge in [-0.3, -0.25) is 10.1 Å². The number of piperidine rings is 1. The Morgan fingerprint density at radius 3 is 2.36 bits per heavy atom. The molecule has 3 rings (SSSR count). The Morgan fingerprint density at radius 1 is 1.27 bits per heavy atom. The van der Waals surface area contributed by atoms with Gasteiger partial charge in [0.05, 0.1) is 4.92 Å². The quantitative estimate of drug-likeness (QED) is 0.683. The Morgan fingerprint density at radius 2 is 1.86 bits per heavy atom. The molecule has 118 valence electrons. The van der Waals surface area contributed by atoms with Gasteiger partial charge in [-0.2, -0.15) is 0 Å². The number of ether oxygens (including phenoxy) is 1. The van der Waals surface area contributed by atoms with Crippen LogP contribution >= 0.6 is 0 Å². The van der Waals surface area contributed by atoms with Crippen molar-refractivity contribution in [2.75, 3.05) is 18.0 Å². The Labute approximate surface area is 128 Å². The summed E-state index contributed by atoms with van der Waals surface area (Å²) in [5.41, 5.74) is 6.44. The minimum absolute atomic E-state index is 0.0246. The number of hydrogen-bond donors (Lipinski definition) is 1. The van der Waals surface area contributed by atoms with Crippen molar-refractivity contribution in [2.45, 2.75) is 31.8 Å². The number of nitro benzene ring substituents is 1. The van der Waals surface area contributed by atoms with Crippen LogP contribution in [0.2, 0.25) is 0 Å². The average Bonchev–Trinajstić information content (AvgIpc) is 2.46. The molecule has 1 spiro atoms. The fraction of sp³-hybridized carbons (Fsp3) is 0.533. The van der Waals surface area contributed by atoms with Crippen LogP contribution in [-0.2, 0) is 4.74 Å². The molecular formula is C15H19N3O4. The van der Waals surface area contributed by atoms with E-state index in [1.807, 2.05) is 0 Å². The predicted molar refractivity (Wildman–Crippen MR) is 80.7 cm³/mol. The van der Waals surface area contributed by atoms with Gasteiger partial charge in [-0.15, -0.1) is 0 Å². The van der Waals surface area contributed by atoms with E-state index < -0.39 is 6.09 Å². The Bertz CT molecular complexity index is 571. The van der Waals surface area contributed by atoms with Crippen LogP contribution in [0.3, 0.4) is 0 Å². The lowest BCUT2D eigenvalue weighted by molar-refractivity contribution is -0.384. The molecule has 0 radical (unpaired) electrons. The summed E-state index contributed by atoms with van der Waals surface area (Å²) in [5, 5.41) is 10.7. The zero-order valence-corrected chi connectivity index (χ0v) is 12.2. The smallest absolute Gasteiger partial charge is 0.404 e. The Hall–Kier alpha value is -2.31. The van der Waals surface area contributed by atoms with Crippen molar-refractivity contribution < 1.29 is 14.5 Å². The highest BCUT2D eigenvalue weighted by molar-refractivity contribution is 5.65. The van der Waals surface area contributed by atoms with Crippen LogP contribution in [0.1, 0.15) is 25.7 Å². The molecule has 0 bridgehead atoms. The minimum Gasteiger partial charge on any atom is -0.446 e. The van der Waals surface area contributed by atoms with Crippen LogP contribution in [-0.4, -0.2) is 30.2 Å². The van der Waals surface area contributed by atoms with Crippen molar-refractivity contribution in [1.29, 1.82) is 0 Å². The molecule has 1 saturated heterocycles. The molecule has 1 heterocycles. The molecular weight excluding hydrogens is 286 g/mol. The van der Waals surface area contributed by atoms with Gasteiger partial charge in [0.1, 0.15) is 6.10 Å². The molecule has 1 aliphatic carbocycles. The summed E-state index contributed by atoms with van der Waals surface area (Å²) >= 11 is 0. The highest BCUT2D eigenvalue weighted by atomic mass is 16.6. The van der Waals surface area contributed by atoms with E-state index in [1.54, 1.807) is 24.3 Å². The number of nitrogens with zero attached hydrogens (tertiary/aromatic N) is 2. The van der Waals surface area contributed by atoms with Crippen molar-refractivity contribution in [3.63, 3.8) is 0 Å². The predicted octanol–water partition coefficient (Wildman–Crippen LogP) is 2.44. The molecule has 2 N–H and O–H groups in total. The van der Waals surface area contributed by atoms with Crippen LogP contribution in [0.5, 0.6) is 0 Å². The summed E-state index contributed by atoms with van der Waals surface area (Å²) in [4.78, 5) is 23.3. The molecule has 0 aromatic heterocycles. The monoisotopic (exact) mass is 305 g/mol. The van der Waals surface area contributed by atoms with E-state index in [9.17, 15) is 14.9 Å². The lowest BCUT2D eigenvalue weighted by Crippen LogP contribution is -2.50. The van der Waals surface area contributed by atoms with Crippen LogP contribution in [0, 0.1) is 15.5 Å². The molecule has 7 nitrogen and oxygen atoms in total. The first-order chi connectivity index (χ1) is 10.5. The number of nitrogens with two attached hydrogens (primary N) is 1. The van der Waals surface area contributed by atoms with Gasteiger partial charge in [0, 0.05) is 30.9 Å². The number of primary amides is 1. The van der Waals surface area contributed by atoms with E-state index >= 15 is 0 Å².